The second-order valence-corrected chi connectivity index (χ2v) is 19.4. The lowest BCUT2D eigenvalue weighted by molar-refractivity contribution is 0.223. The second kappa shape index (κ2) is 12.5. The Morgan fingerprint density at radius 2 is 1.21 bits per heavy atom. The molecule has 0 N–H and O–H groups in total. The zero-order valence-electron chi connectivity index (χ0n) is 24.7. The van der Waals surface area contributed by atoms with Crippen LogP contribution in [0, 0.1) is 0 Å². The quantitative estimate of drug-likeness (QED) is 0.114. The molecule has 0 radical (unpaired) electrons. The molecule has 2 atom stereocenters. The van der Waals surface area contributed by atoms with Gasteiger partial charge >= 0.3 is 0 Å². The van der Waals surface area contributed by atoms with Gasteiger partial charge in [-0.25, -0.2) is 4.39 Å². The van der Waals surface area contributed by atoms with E-state index in [0.29, 0.717) is 18.2 Å². The Labute approximate surface area is 251 Å². The standard InChI is InChI=1S/C37H40FO2PSi/c1-29-35(38)27-30(25-26-41(39,31-17-9-5-10-18-31)32-19-11-6-12-20-32)28-36(29)40-42(37(2,3)4,33-21-13-7-14-22-33)34-23-15-8-16-24-34/h5-24,28,35-36H,1,25-27H2,2-4H3/t35-,36+/m0/s1. The Kier molecular flexibility index (Phi) is 8.99. The molecule has 0 saturated carbocycles. The molecule has 0 unspecified atom stereocenters. The van der Waals surface area contributed by atoms with E-state index in [2.05, 4.69) is 82.0 Å². The van der Waals surface area contributed by atoms with Crippen molar-refractivity contribution in [1.29, 1.82) is 0 Å². The average molecular weight is 595 g/mol. The Morgan fingerprint density at radius 1 is 0.786 bits per heavy atom. The van der Waals surface area contributed by atoms with Crippen LogP contribution in [0.4, 0.5) is 4.39 Å². The van der Waals surface area contributed by atoms with Gasteiger partial charge in [0.15, 0.2) is 0 Å². The molecular formula is C37H40FO2PSi. The fourth-order valence-electron chi connectivity index (χ4n) is 6.15. The third-order valence-corrected chi connectivity index (χ3v) is 16.5. The second-order valence-electron chi connectivity index (χ2n) is 12.2. The van der Waals surface area contributed by atoms with Crippen molar-refractivity contribution in [2.75, 3.05) is 6.16 Å². The van der Waals surface area contributed by atoms with Gasteiger partial charge < -0.3 is 8.99 Å². The van der Waals surface area contributed by atoms with Crippen molar-refractivity contribution in [3.8, 4) is 0 Å². The summed E-state index contributed by atoms with van der Waals surface area (Å²) < 4.78 is 37.7. The summed E-state index contributed by atoms with van der Waals surface area (Å²) in [4.78, 5) is 0. The first kappa shape index (κ1) is 30.2. The van der Waals surface area contributed by atoms with E-state index in [1.54, 1.807) is 0 Å². The molecular weight excluding hydrogens is 554 g/mol. The summed E-state index contributed by atoms with van der Waals surface area (Å²) in [6.07, 6.45) is 1.47. The van der Waals surface area contributed by atoms with Crippen LogP contribution in [-0.4, -0.2) is 26.8 Å². The minimum absolute atomic E-state index is 0.246. The third kappa shape index (κ3) is 5.94. The molecule has 5 heteroatoms. The van der Waals surface area contributed by atoms with Crippen molar-refractivity contribution in [3.05, 3.63) is 145 Å². The zero-order chi connectivity index (χ0) is 29.8. The number of hydrogen-bond donors (Lipinski definition) is 0. The van der Waals surface area contributed by atoms with Crippen LogP contribution in [0.25, 0.3) is 0 Å². The molecule has 0 saturated heterocycles. The maximum absolute atomic E-state index is 15.7. The Hall–Kier alpha value is -3.30. The Morgan fingerprint density at radius 3 is 1.64 bits per heavy atom. The van der Waals surface area contributed by atoms with Gasteiger partial charge in [0.1, 0.15) is 13.3 Å². The first-order valence-corrected chi connectivity index (χ1v) is 18.5. The largest absolute Gasteiger partial charge is 0.397 e. The van der Waals surface area contributed by atoms with E-state index >= 15 is 4.39 Å². The molecule has 216 valence electrons. The zero-order valence-corrected chi connectivity index (χ0v) is 26.6. The molecule has 0 spiro atoms. The molecule has 4 aromatic rings. The van der Waals surface area contributed by atoms with Gasteiger partial charge in [-0.1, -0.05) is 160 Å². The normalized spacial score (nSPS) is 18.0. The fraction of sp³-hybridized carbons (Fsp3) is 0.243. The van der Waals surface area contributed by atoms with Gasteiger partial charge in [0, 0.05) is 23.2 Å². The summed E-state index contributed by atoms with van der Waals surface area (Å²) >= 11 is 0. The van der Waals surface area contributed by atoms with Crippen molar-refractivity contribution < 1.29 is 13.4 Å². The fourth-order valence-corrected chi connectivity index (χ4v) is 13.5. The first-order valence-electron chi connectivity index (χ1n) is 14.7. The predicted octanol–water partition coefficient (Wildman–Crippen LogP) is 7.56. The Bertz CT molecular complexity index is 1480. The van der Waals surface area contributed by atoms with Gasteiger partial charge in [0.2, 0.25) is 0 Å². The monoisotopic (exact) mass is 594 g/mol. The number of halogens is 1. The maximum atomic E-state index is 15.7. The molecule has 0 bridgehead atoms. The van der Waals surface area contributed by atoms with Crippen LogP contribution in [0.3, 0.4) is 0 Å². The highest BCUT2D eigenvalue weighted by Crippen LogP contribution is 2.46. The summed E-state index contributed by atoms with van der Waals surface area (Å²) in [5.74, 6) is 0. The van der Waals surface area contributed by atoms with Crippen LogP contribution in [0.2, 0.25) is 5.04 Å². The lowest BCUT2D eigenvalue weighted by atomic mass is 9.91. The van der Waals surface area contributed by atoms with Crippen molar-refractivity contribution in [2.24, 2.45) is 0 Å². The molecule has 5 rings (SSSR count). The van der Waals surface area contributed by atoms with Gasteiger partial charge in [-0.05, 0) is 27.4 Å². The topological polar surface area (TPSA) is 26.3 Å². The SMILES string of the molecule is C=C1[C@@H](F)CC(CCP(=O)(c2ccccc2)c2ccccc2)=C[C@H]1O[Si](c1ccccc1)(c1ccccc1)C(C)(C)C. The minimum Gasteiger partial charge on any atom is -0.397 e. The molecule has 4 aromatic carbocycles. The van der Waals surface area contributed by atoms with Gasteiger partial charge in [0.25, 0.3) is 8.32 Å². The smallest absolute Gasteiger partial charge is 0.262 e. The third-order valence-electron chi connectivity index (χ3n) is 8.41. The van der Waals surface area contributed by atoms with E-state index in [4.69, 9.17) is 4.43 Å². The molecule has 0 aliphatic heterocycles. The molecule has 0 heterocycles. The number of alkyl halides is 1. The molecule has 0 aromatic heterocycles. The van der Waals surface area contributed by atoms with Gasteiger partial charge in [-0.3, -0.25) is 0 Å². The summed E-state index contributed by atoms with van der Waals surface area (Å²) in [5, 5.41) is 3.70. The van der Waals surface area contributed by atoms with E-state index in [1.807, 2.05) is 72.8 Å². The van der Waals surface area contributed by atoms with E-state index in [0.717, 1.165) is 26.6 Å². The molecule has 0 amide bonds. The molecule has 1 aliphatic carbocycles. The predicted molar refractivity (Wildman–Crippen MR) is 178 cm³/mol. The lowest BCUT2D eigenvalue weighted by Crippen LogP contribution is -2.68. The molecule has 2 nitrogen and oxygen atoms in total. The first-order chi connectivity index (χ1) is 20.1. The number of benzene rings is 4. The number of rotatable bonds is 9. The van der Waals surface area contributed by atoms with E-state index in [1.165, 1.54) is 0 Å². The van der Waals surface area contributed by atoms with Crippen LogP contribution in [0.5, 0.6) is 0 Å². The van der Waals surface area contributed by atoms with E-state index < -0.39 is 27.7 Å². The van der Waals surface area contributed by atoms with Crippen LogP contribution in [0.1, 0.15) is 33.6 Å². The maximum Gasteiger partial charge on any atom is 0.262 e. The average Bonchev–Trinajstić information content (AvgIpc) is 3.02. The van der Waals surface area contributed by atoms with Crippen LogP contribution < -0.4 is 21.0 Å². The molecule has 1 aliphatic rings. The van der Waals surface area contributed by atoms with Gasteiger partial charge in [-0.15, -0.1) is 0 Å². The summed E-state index contributed by atoms with van der Waals surface area (Å²) in [6, 6.07) is 40.2. The Balaban J connectivity index is 1.53. The van der Waals surface area contributed by atoms with Crippen molar-refractivity contribution in [3.63, 3.8) is 0 Å². The number of allylic oxidation sites excluding steroid dienone is 1. The number of hydrogen-bond acceptors (Lipinski definition) is 2. The van der Waals surface area contributed by atoms with E-state index in [9.17, 15) is 4.57 Å². The highest BCUT2D eigenvalue weighted by atomic mass is 31.2. The van der Waals surface area contributed by atoms with Crippen molar-refractivity contribution in [1.82, 2.24) is 0 Å². The van der Waals surface area contributed by atoms with Gasteiger partial charge in [0.05, 0.1) is 6.10 Å². The highest BCUT2D eigenvalue weighted by Gasteiger charge is 2.52. The van der Waals surface area contributed by atoms with E-state index in [-0.39, 0.29) is 11.5 Å². The summed E-state index contributed by atoms with van der Waals surface area (Å²) in [5.41, 5.74) is 1.39. The van der Waals surface area contributed by atoms with Crippen molar-refractivity contribution in [2.45, 2.75) is 50.9 Å². The van der Waals surface area contributed by atoms with Crippen LogP contribution in [0.15, 0.2) is 145 Å². The van der Waals surface area contributed by atoms with Gasteiger partial charge in [-0.2, -0.15) is 0 Å². The highest BCUT2D eigenvalue weighted by molar-refractivity contribution is 7.78. The van der Waals surface area contributed by atoms with Crippen LogP contribution in [-0.2, 0) is 8.99 Å². The molecule has 42 heavy (non-hydrogen) atoms. The van der Waals surface area contributed by atoms with Crippen molar-refractivity contribution >= 4 is 36.4 Å². The summed E-state index contributed by atoms with van der Waals surface area (Å²) in [6.45, 7) is 10.9. The summed E-state index contributed by atoms with van der Waals surface area (Å²) in [7, 11) is -5.86. The molecule has 0 fully saturated rings. The van der Waals surface area contributed by atoms with Crippen LogP contribution >= 0.6 is 7.14 Å². The minimum atomic E-state index is -2.93. The lowest BCUT2D eigenvalue weighted by Gasteiger charge is -2.46.